The minimum atomic E-state index is -0.691. The highest BCUT2D eigenvalue weighted by Crippen LogP contribution is 2.24. The molecule has 9 nitrogen and oxygen atoms in total. The van der Waals surface area contributed by atoms with Gasteiger partial charge in [0.2, 0.25) is 11.8 Å². The van der Waals surface area contributed by atoms with Crippen molar-refractivity contribution in [3.05, 3.63) is 50.7 Å². The molecule has 0 fully saturated rings. The topological polar surface area (TPSA) is 115 Å². The molecule has 0 spiro atoms. The van der Waals surface area contributed by atoms with Crippen LogP contribution in [0.25, 0.3) is 0 Å². The molecule has 2 aromatic rings. The van der Waals surface area contributed by atoms with Crippen molar-refractivity contribution < 1.29 is 14.6 Å². The quantitative estimate of drug-likeness (QED) is 0.344. The third kappa shape index (κ3) is 6.24. The van der Waals surface area contributed by atoms with Crippen LogP contribution in [0.3, 0.4) is 0 Å². The molecule has 10 heteroatoms. The lowest BCUT2D eigenvalue weighted by molar-refractivity contribution is -0.118. The van der Waals surface area contributed by atoms with Crippen LogP contribution in [0.5, 0.6) is 11.6 Å². The van der Waals surface area contributed by atoms with Gasteiger partial charge in [0, 0.05) is 20.6 Å². The smallest absolute Gasteiger partial charge is 0.333 e. The highest BCUT2D eigenvalue weighted by molar-refractivity contribution is 8.15. The zero-order chi connectivity index (χ0) is 23.0. The summed E-state index contributed by atoms with van der Waals surface area (Å²) < 4.78 is 7.28. The molecule has 1 amide bonds. The molecule has 1 heterocycles. The number of aromatic nitrogens is 2. The molecule has 0 aliphatic heterocycles. The molecule has 2 N–H and O–H groups in total. The number of aliphatic imine (C=N–C) groups is 1. The Hall–Kier alpha value is -3.01. The lowest BCUT2D eigenvalue weighted by atomic mass is 10.3. The SMILES string of the molecule is CCCCNC(=O)CSC(=Nc1ccc(OCC)cc1)c1c(O)n(C)c(=O)n(C)c1=O. The lowest BCUT2D eigenvalue weighted by Gasteiger charge is -2.12. The minimum absolute atomic E-state index is 0.00497. The fraction of sp³-hybridized carbons (Fsp3) is 0.429. The summed E-state index contributed by atoms with van der Waals surface area (Å²) in [5.41, 5.74) is -0.976. The Bertz CT molecular complexity index is 1060. The zero-order valence-corrected chi connectivity index (χ0v) is 19.0. The van der Waals surface area contributed by atoms with Gasteiger partial charge >= 0.3 is 5.69 Å². The van der Waals surface area contributed by atoms with Crippen molar-refractivity contribution in [2.24, 2.45) is 19.1 Å². The number of nitrogens with one attached hydrogen (secondary N) is 1. The second-order valence-electron chi connectivity index (χ2n) is 6.74. The molecule has 1 aromatic heterocycles. The van der Waals surface area contributed by atoms with Crippen molar-refractivity contribution in [3.63, 3.8) is 0 Å². The molecule has 0 saturated heterocycles. The minimum Gasteiger partial charge on any atom is -0.494 e. The lowest BCUT2D eigenvalue weighted by Crippen LogP contribution is -2.39. The predicted octanol–water partition coefficient (Wildman–Crippen LogP) is 1.92. The predicted molar refractivity (Wildman–Crippen MR) is 123 cm³/mol. The highest BCUT2D eigenvalue weighted by Gasteiger charge is 2.21. The van der Waals surface area contributed by atoms with E-state index in [4.69, 9.17) is 4.74 Å². The third-order valence-corrected chi connectivity index (χ3v) is 5.39. The first kappa shape index (κ1) is 24.3. The molecule has 0 saturated carbocycles. The molecule has 0 bridgehead atoms. The van der Waals surface area contributed by atoms with Gasteiger partial charge in [0.15, 0.2) is 0 Å². The number of amides is 1. The van der Waals surface area contributed by atoms with Gasteiger partial charge in [-0.1, -0.05) is 25.1 Å². The Morgan fingerprint density at radius 3 is 2.45 bits per heavy atom. The van der Waals surface area contributed by atoms with Gasteiger partial charge in [0.1, 0.15) is 16.4 Å². The van der Waals surface area contributed by atoms with Crippen molar-refractivity contribution in [2.45, 2.75) is 26.7 Å². The van der Waals surface area contributed by atoms with Crippen molar-refractivity contribution in [3.8, 4) is 11.6 Å². The average Bonchev–Trinajstić information content (AvgIpc) is 2.76. The zero-order valence-electron chi connectivity index (χ0n) is 18.2. The van der Waals surface area contributed by atoms with Crippen LogP contribution >= 0.6 is 11.8 Å². The fourth-order valence-corrected chi connectivity index (χ4v) is 3.53. The molecule has 1 aromatic carbocycles. The molecule has 0 unspecified atom stereocenters. The van der Waals surface area contributed by atoms with E-state index in [1.54, 1.807) is 24.3 Å². The number of hydrogen-bond donors (Lipinski definition) is 2. The molecule has 168 valence electrons. The maximum Gasteiger partial charge on any atom is 0.333 e. The highest BCUT2D eigenvalue weighted by atomic mass is 32.2. The monoisotopic (exact) mass is 448 g/mol. The summed E-state index contributed by atoms with van der Waals surface area (Å²) in [6.45, 7) is 5.00. The molecular weight excluding hydrogens is 420 g/mol. The van der Waals surface area contributed by atoms with Gasteiger partial charge in [0.05, 0.1) is 18.0 Å². The Morgan fingerprint density at radius 1 is 1.16 bits per heavy atom. The van der Waals surface area contributed by atoms with E-state index in [0.29, 0.717) is 24.6 Å². The number of nitrogens with zero attached hydrogens (tertiary/aromatic N) is 3. The summed E-state index contributed by atoms with van der Waals surface area (Å²) in [4.78, 5) is 41.5. The molecule has 0 radical (unpaired) electrons. The van der Waals surface area contributed by atoms with Gasteiger partial charge < -0.3 is 15.2 Å². The maximum absolute atomic E-state index is 12.8. The number of hydrogen-bond acceptors (Lipinski definition) is 7. The summed E-state index contributed by atoms with van der Waals surface area (Å²) in [6, 6.07) is 6.88. The summed E-state index contributed by atoms with van der Waals surface area (Å²) >= 11 is 1.02. The van der Waals surface area contributed by atoms with E-state index in [-0.39, 0.29) is 22.3 Å². The van der Waals surface area contributed by atoms with Crippen LogP contribution in [0.15, 0.2) is 38.8 Å². The van der Waals surface area contributed by atoms with E-state index in [9.17, 15) is 19.5 Å². The average molecular weight is 449 g/mol. The number of carbonyl (C=O) groups excluding carboxylic acids is 1. The van der Waals surface area contributed by atoms with Crippen LogP contribution in [0.4, 0.5) is 5.69 Å². The van der Waals surface area contributed by atoms with Crippen LogP contribution in [0.2, 0.25) is 0 Å². The number of aromatic hydroxyl groups is 1. The van der Waals surface area contributed by atoms with E-state index >= 15 is 0 Å². The molecule has 0 aliphatic rings. The van der Waals surface area contributed by atoms with E-state index in [2.05, 4.69) is 10.3 Å². The van der Waals surface area contributed by atoms with Gasteiger partial charge in [-0.2, -0.15) is 0 Å². The summed E-state index contributed by atoms with van der Waals surface area (Å²) in [6.07, 6.45) is 1.82. The molecule has 2 rings (SSSR count). The van der Waals surface area contributed by atoms with E-state index in [0.717, 1.165) is 33.7 Å². The first-order chi connectivity index (χ1) is 14.8. The summed E-state index contributed by atoms with van der Waals surface area (Å²) in [5.74, 6) is -0.0344. The van der Waals surface area contributed by atoms with Gasteiger partial charge in [-0.3, -0.25) is 18.7 Å². The van der Waals surface area contributed by atoms with Crippen LogP contribution < -0.4 is 21.3 Å². The van der Waals surface area contributed by atoms with Crippen molar-refractivity contribution in [1.29, 1.82) is 0 Å². The maximum atomic E-state index is 12.8. The first-order valence-corrected chi connectivity index (χ1v) is 11.0. The van der Waals surface area contributed by atoms with Crippen molar-refractivity contribution >= 4 is 28.4 Å². The fourth-order valence-electron chi connectivity index (χ4n) is 2.67. The number of ether oxygens (including phenoxy) is 1. The van der Waals surface area contributed by atoms with Crippen LogP contribution in [-0.2, 0) is 18.9 Å². The van der Waals surface area contributed by atoms with Gasteiger partial charge in [-0.05, 0) is 37.6 Å². The Labute approximate surface area is 184 Å². The number of rotatable bonds is 9. The molecule has 0 atom stereocenters. The Balaban J connectivity index is 2.45. The number of unbranched alkanes of at least 4 members (excludes halogenated alkanes) is 1. The van der Waals surface area contributed by atoms with Crippen molar-refractivity contribution in [2.75, 3.05) is 18.9 Å². The van der Waals surface area contributed by atoms with Gasteiger partial charge in [-0.25, -0.2) is 9.79 Å². The van der Waals surface area contributed by atoms with E-state index in [1.165, 1.54) is 14.1 Å². The largest absolute Gasteiger partial charge is 0.494 e. The molecule has 0 aliphatic carbocycles. The summed E-state index contributed by atoms with van der Waals surface area (Å²) in [7, 11) is 2.68. The standard InChI is InChI=1S/C21H28N4O5S/c1-5-7-12-22-16(26)13-31-18(23-14-8-10-15(11-9-14)30-6-2)17-19(27)24(3)21(29)25(4)20(17)28/h8-11,27H,5-7,12-13H2,1-4H3,(H,22,26). The van der Waals surface area contributed by atoms with Gasteiger partial charge in [-0.15, -0.1) is 0 Å². The molecule has 31 heavy (non-hydrogen) atoms. The van der Waals surface area contributed by atoms with E-state index < -0.39 is 17.1 Å². The normalized spacial score (nSPS) is 11.4. The van der Waals surface area contributed by atoms with Gasteiger partial charge in [0.25, 0.3) is 5.56 Å². The second-order valence-corrected chi connectivity index (χ2v) is 7.70. The van der Waals surface area contributed by atoms with Crippen LogP contribution in [0, 0.1) is 0 Å². The second kappa shape index (κ2) is 11.4. The number of carbonyl (C=O) groups is 1. The van der Waals surface area contributed by atoms with Crippen LogP contribution in [0.1, 0.15) is 32.3 Å². The Morgan fingerprint density at radius 2 is 1.84 bits per heavy atom. The molecular formula is C21H28N4O5S. The summed E-state index contributed by atoms with van der Waals surface area (Å²) in [5, 5.41) is 13.5. The number of thioether (sulfide) groups is 1. The number of benzene rings is 1. The van der Waals surface area contributed by atoms with Crippen LogP contribution in [-0.4, -0.2) is 44.1 Å². The first-order valence-electron chi connectivity index (χ1n) is 10.0. The van der Waals surface area contributed by atoms with E-state index in [1.807, 2.05) is 13.8 Å². The third-order valence-electron chi connectivity index (χ3n) is 4.42. The Kier molecular flexibility index (Phi) is 8.92. The van der Waals surface area contributed by atoms with Crippen molar-refractivity contribution in [1.82, 2.24) is 14.5 Å².